The van der Waals surface area contributed by atoms with Crippen LogP contribution in [-0.2, 0) is 6.42 Å². The molecule has 2 rings (SSSR count). The molecule has 2 heteroatoms. The number of alkyl halides is 1. The number of hydrogen-bond donors (Lipinski definition) is 0. The van der Waals surface area contributed by atoms with Crippen LogP contribution in [0.4, 0.5) is 0 Å². The Morgan fingerprint density at radius 2 is 1.80 bits per heavy atom. The third-order valence-corrected chi connectivity index (χ3v) is 2.95. The van der Waals surface area contributed by atoms with Gasteiger partial charge in [-0.1, -0.05) is 46.3 Å². The van der Waals surface area contributed by atoms with E-state index in [4.69, 9.17) is 4.74 Å². The van der Waals surface area contributed by atoms with Gasteiger partial charge in [-0.15, -0.1) is 0 Å². The average molecular weight is 265 g/mol. The fourth-order valence-corrected chi connectivity index (χ4v) is 2.27. The van der Waals surface area contributed by atoms with Crippen molar-refractivity contribution in [2.45, 2.75) is 6.42 Å². The van der Waals surface area contributed by atoms with Gasteiger partial charge in [0.1, 0.15) is 5.75 Å². The van der Waals surface area contributed by atoms with E-state index in [-0.39, 0.29) is 0 Å². The predicted molar refractivity (Wildman–Crippen MR) is 68.0 cm³/mol. The number of methoxy groups -OCH3 is 1. The third-order valence-electron chi connectivity index (χ3n) is 2.56. The maximum absolute atomic E-state index is 5.35. The summed E-state index contributed by atoms with van der Waals surface area (Å²) in [7, 11) is 1.71. The SMILES string of the molecule is COc1cccc2c(CCBr)cccc12. The smallest absolute Gasteiger partial charge is 0.126 e. The summed E-state index contributed by atoms with van der Waals surface area (Å²) in [5.41, 5.74) is 1.36. The van der Waals surface area contributed by atoms with Gasteiger partial charge in [0.05, 0.1) is 7.11 Å². The fourth-order valence-electron chi connectivity index (χ4n) is 1.84. The molecule has 0 aliphatic carbocycles. The van der Waals surface area contributed by atoms with E-state index in [0.717, 1.165) is 17.5 Å². The minimum absolute atomic E-state index is 0.948. The van der Waals surface area contributed by atoms with Crippen LogP contribution in [0.1, 0.15) is 5.56 Å². The van der Waals surface area contributed by atoms with E-state index < -0.39 is 0 Å². The number of halogens is 1. The number of aryl methyl sites for hydroxylation is 1. The van der Waals surface area contributed by atoms with E-state index in [1.165, 1.54) is 16.3 Å². The molecule has 0 aliphatic heterocycles. The minimum atomic E-state index is 0.948. The normalized spacial score (nSPS) is 10.5. The molecule has 0 N–H and O–H groups in total. The summed E-state index contributed by atoms with van der Waals surface area (Å²) in [6, 6.07) is 12.5. The summed E-state index contributed by atoms with van der Waals surface area (Å²) in [6.45, 7) is 0. The first-order valence-electron chi connectivity index (χ1n) is 4.97. The summed E-state index contributed by atoms with van der Waals surface area (Å²) in [4.78, 5) is 0. The lowest BCUT2D eigenvalue weighted by molar-refractivity contribution is 0.420. The third kappa shape index (κ3) is 2.00. The Labute approximate surface area is 98.2 Å². The molecule has 2 aromatic carbocycles. The summed E-state index contributed by atoms with van der Waals surface area (Å²) >= 11 is 3.48. The summed E-state index contributed by atoms with van der Waals surface area (Å²) in [5, 5.41) is 3.47. The largest absolute Gasteiger partial charge is 0.496 e. The molecule has 1 nitrogen and oxygen atoms in total. The zero-order chi connectivity index (χ0) is 10.7. The number of rotatable bonds is 3. The highest BCUT2D eigenvalue weighted by Crippen LogP contribution is 2.28. The molecule has 0 aliphatic rings. The van der Waals surface area contributed by atoms with Gasteiger partial charge in [0.25, 0.3) is 0 Å². The number of fused-ring (bicyclic) bond motifs is 1. The van der Waals surface area contributed by atoms with Crippen LogP contribution in [-0.4, -0.2) is 12.4 Å². The molecule has 0 amide bonds. The maximum atomic E-state index is 5.35. The van der Waals surface area contributed by atoms with Gasteiger partial charge in [-0.3, -0.25) is 0 Å². The molecule has 0 unspecified atom stereocenters. The highest BCUT2D eigenvalue weighted by atomic mass is 79.9. The standard InChI is InChI=1S/C13H13BrO/c1-15-13-7-3-5-11-10(8-9-14)4-2-6-12(11)13/h2-7H,8-9H2,1H3. The van der Waals surface area contributed by atoms with Gasteiger partial charge in [0.2, 0.25) is 0 Å². The molecule has 0 bridgehead atoms. The number of hydrogen-bond acceptors (Lipinski definition) is 1. The summed E-state index contributed by atoms with van der Waals surface area (Å²) in [5.74, 6) is 0.948. The molecule has 2 aromatic rings. The highest BCUT2D eigenvalue weighted by molar-refractivity contribution is 9.09. The lowest BCUT2D eigenvalue weighted by Crippen LogP contribution is -1.90. The topological polar surface area (TPSA) is 9.23 Å². The van der Waals surface area contributed by atoms with Crippen molar-refractivity contribution >= 4 is 26.7 Å². The van der Waals surface area contributed by atoms with Crippen LogP contribution >= 0.6 is 15.9 Å². The molecule has 0 fully saturated rings. The zero-order valence-corrected chi connectivity index (χ0v) is 10.3. The van der Waals surface area contributed by atoms with Crippen molar-refractivity contribution in [1.82, 2.24) is 0 Å². The zero-order valence-electron chi connectivity index (χ0n) is 8.66. The second kappa shape index (κ2) is 4.67. The molecule has 0 heterocycles. The van der Waals surface area contributed by atoms with Crippen molar-refractivity contribution in [3.05, 3.63) is 42.0 Å². The van der Waals surface area contributed by atoms with Gasteiger partial charge >= 0.3 is 0 Å². The van der Waals surface area contributed by atoms with Gasteiger partial charge in [-0.25, -0.2) is 0 Å². The van der Waals surface area contributed by atoms with Gasteiger partial charge in [0.15, 0.2) is 0 Å². The Morgan fingerprint density at radius 3 is 2.53 bits per heavy atom. The van der Waals surface area contributed by atoms with E-state index >= 15 is 0 Å². The molecule has 15 heavy (non-hydrogen) atoms. The molecule has 0 spiro atoms. The van der Waals surface area contributed by atoms with Gasteiger partial charge in [-0.05, 0) is 23.4 Å². The molecule has 0 aromatic heterocycles. The first-order valence-corrected chi connectivity index (χ1v) is 6.09. The van der Waals surface area contributed by atoms with Crippen LogP contribution in [0.2, 0.25) is 0 Å². The van der Waals surface area contributed by atoms with Crippen molar-refractivity contribution < 1.29 is 4.74 Å². The van der Waals surface area contributed by atoms with Crippen LogP contribution in [0.25, 0.3) is 10.8 Å². The maximum Gasteiger partial charge on any atom is 0.126 e. The molecule has 0 radical (unpaired) electrons. The minimum Gasteiger partial charge on any atom is -0.496 e. The average Bonchev–Trinajstić information content (AvgIpc) is 2.29. The van der Waals surface area contributed by atoms with Gasteiger partial charge < -0.3 is 4.74 Å². The molecule has 0 atom stereocenters. The molecule has 78 valence electrons. The number of benzene rings is 2. The van der Waals surface area contributed by atoms with Crippen LogP contribution < -0.4 is 4.74 Å². The Kier molecular flexibility index (Phi) is 3.27. The Hall–Kier alpha value is -1.02. The van der Waals surface area contributed by atoms with E-state index in [9.17, 15) is 0 Å². The highest BCUT2D eigenvalue weighted by Gasteiger charge is 2.03. The summed E-state index contributed by atoms with van der Waals surface area (Å²) < 4.78 is 5.35. The Balaban J connectivity index is 2.65. The first-order chi connectivity index (χ1) is 7.36. The van der Waals surface area contributed by atoms with Gasteiger partial charge in [-0.2, -0.15) is 0 Å². The van der Waals surface area contributed by atoms with Gasteiger partial charge in [0, 0.05) is 10.7 Å². The molecular formula is C13H13BrO. The number of ether oxygens (including phenoxy) is 1. The van der Waals surface area contributed by atoms with Crippen molar-refractivity contribution in [3.63, 3.8) is 0 Å². The first kappa shape index (κ1) is 10.5. The Bertz CT molecular complexity index is 465. The second-order valence-corrected chi connectivity index (χ2v) is 4.20. The van der Waals surface area contributed by atoms with Crippen molar-refractivity contribution in [2.75, 3.05) is 12.4 Å². The predicted octanol–water partition coefficient (Wildman–Crippen LogP) is 3.79. The van der Waals surface area contributed by atoms with Crippen LogP contribution in [0, 0.1) is 0 Å². The van der Waals surface area contributed by atoms with E-state index in [1.807, 2.05) is 12.1 Å². The van der Waals surface area contributed by atoms with Crippen LogP contribution in [0.15, 0.2) is 36.4 Å². The fraction of sp³-hybridized carbons (Fsp3) is 0.231. The lowest BCUT2D eigenvalue weighted by Gasteiger charge is -2.08. The molecule has 0 saturated heterocycles. The van der Waals surface area contributed by atoms with E-state index in [2.05, 4.69) is 40.2 Å². The lowest BCUT2D eigenvalue weighted by atomic mass is 10.0. The monoisotopic (exact) mass is 264 g/mol. The van der Waals surface area contributed by atoms with Crippen LogP contribution in [0.5, 0.6) is 5.75 Å². The van der Waals surface area contributed by atoms with Crippen LogP contribution in [0.3, 0.4) is 0 Å². The van der Waals surface area contributed by atoms with E-state index in [1.54, 1.807) is 7.11 Å². The second-order valence-electron chi connectivity index (χ2n) is 3.41. The Morgan fingerprint density at radius 1 is 1.07 bits per heavy atom. The summed E-state index contributed by atoms with van der Waals surface area (Å²) in [6.07, 6.45) is 1.05. The molecular weight excluding hydrogens is 252 g/mol. The van der Waals surface area contributed by atoms with Crippen molar-refractivity contribution in [3.8, 4) is 5.75 Å². The van der Waals surface area contributed by atoms with E-state index in [0.29, 0.717) is 0 Å². The van der Waals surface area contributed by atoms with Crippen molar-refractivity contribution in [1.29, 1.82) is 0 Å². The molecule has 0 saturated carbocycles. The van der Waals surface area contributed by atoms with Crippen molar-refractivity contribution in [2.24, 2.45) is 0 Å². The quantitative estimate of drug-likeness (QED) is 0.767.